The predicted molar refractivity (Wildman–Crippen MR) is 122 cm³/mol. The molecule has 1 amide bonds. The third kappa shape index (κ3) is 5.16. The number of amides is 1. The van der Waals surface area contributed by atoms with E-state index >= 15 is 0 Å². The van der Waals surface area contributed by atoms with Gasteiger partial charge in [-0.1, -0.05) is 37.2 Å². The van der Waals surface area contributed by atoms with Crippen molar-refractivity contribution in [2.75, 3.05) is 11.8 Å². The molecule has 0 saturated heterocycles. The summed E-state index contributed by atoms with van der Waals surface area (Å²) in [5, 5.41) is 6.92. The fourth-order valence-electron chi connectivity index (χ4n) is 3.36. The molecule has 1 heterocycles. The van der Waals surface area contributed by atoms with E-state index in [1.165, 1.54) is 25.3 Å². The first-order valence-electron chi connectivity index (χ1n) is 10.7. The Morgan fingerprint density at radius 2 is 1.91 bits per heavy atom. The van der Waals surface area contributed by atoms with Crippen LogP contribution in [-0.4, -0.2) is 31.6 Å². The molecule has 0 bridgehead atoms. The zero-order valence-electron chi connectivity index (χ0n) is 18.6. The summed E-state index contributed by atoms with van der Waals surface area (Å²) in [6, 6.07) is 12.0. The molecule has 174 valence electrons. The fraction of sp³-hybridized carbons (Fsp3) is 0.348. The molecule has 1 fully saturated rings. The van der Waals surface area contributed by atoms with Gasteiger partial charge in [0.2, 0.25) is 5.89 Å². The Kier molecular flexibility index (Phi) is 6.37. The van der Waals surface area contributed by atoms with Crippen molar-refractivity contribution in [3.05, 3.63) is 65.8 Å². The first-order valence-corrected chi connectivity index (χ1v) is 12.2. The zero-order valence-corrected chi connectivity index (χ0v) is 19.4. The van der Waals surface area contributed by atoms with Crippen molar-refractivity contribution >= 4 is 21.6 Å². The van der Waals surface area contributed by atoms with Gasteiger partial charge in [0.1, 0.15) is 11.8 Å². The van der Waals surface area contributed by atoms with Crippen LogP contribution in [0.25, 0.3) is 0 Å². The Balaban J connectivity index is 1.53. The molecule has 0 aliphatic heterocycles. The number of nitrogens with zero attached hydrogens (tertiary/aromatic N) is 2. The van der Waals surface area contributed by atoms with Crippen molar-refractivity contribution in [2.24, 2.45) is 5.92 Å². The lowest BCUT2D eigenvalue weighted by atomic mass is 10.0. The van der Waals surface area contributed by atoms with Gasteiger partial charge in [0.05, 0.1) is 17.7 Å². The number of ether oxygens (including phenoxy) is 1. The minimum absolute atomic E-state index is 0.0134. The van der Waals surface area contributed by atoms with Crippen LogP contribution < -0.4 is 14.8 Å². The van der Waals surface area contributed by atoms with Crippen LogP contribution in [-0.2, 0) is 10.0 Å². The van der Waals surface area contributed by atoms with Gasteiger partial charge in [-0.25, -0.2) is 8.42 Å². The van der Waals surface area contributed by atoms with Crippen molar-refractivity contribution < 1.29 is 22.5 Å². The predicted octanol–water partition coefficient (Wildman–Crippen LogP) is 3.88. The summed E-state index contributed by atoms with van der Waals surface area (Å²) in [6.07, 6.45) is 2.09. The average Bonchev–Trinajstić information content (AvgIpc) is 3.54. The molecule has 33 heavy (non-hydrogen) atoms. The number of carbonyl (C=O) groups excluding carboxylic acids is 1. The van der Waals surface area contributed by atoms with Gasteiger partial charge in [0.25, 0.3) is 15.9 Å². The monoisotopic (exact) mass is 470 g/mol. The second kappa shape index (κ2) is 9.22. The second-order valence-corrected chi connectivity index (χ2v) is 9.98. The smallest absolute Gasteiger partial charge is 0.262 e. The summed E-state index contributed by atoms with van der Waals surface area (Å²) in [6.45, 7) is 3.87. The van der Waals surface area contributed by atoms with Crippen LogP contribution in [0.15, 0.2) is 57.9 Å². The van der Waals surface area contributed by atoms with E-state index < -0.39 is 22.0 Å². The lowest BCUT2D eigenvalue weighted by molar-refractivity contribution is 0.0913. The molecule has 2 N–H and O–H groups in total. The highest BCUT2D eigenvalue weighted by Crippen LogP contribution is 2.38. The Hall–Kier alpha value is -3.40. The molecule has 2 aromatic carbocycles. The standard InChI is InChI=1S/C23H26N4O5S/c1-14(2)20(23-25-21(26-32-23)15-11-12-15)24-22(28)16-7-6-8-17(13-16)33(29,30)27-18-9-4-5-10-19(18)31-3/h4-10,13-15,20,27H,11-12H2,1-3H3,(H,24,28). The quantitative estimate of drug-likeness (QED) is 0.486. The van der Waals surface area contributed by atoms with E-state index in [1.807, 2.05) is 13.8 Å². The Morgan fingerprint density at radius 1 is 1.15 bits per heavy atom. The highest BCUT2D eigenvalue weighted by molar-refractivity contribution is 7.92. The highest BCUT2D eigenvalue weighted by Gasteiger charge is 2.32. The van der Waals surface area contributed by atoms with Crippen molar-refractivity contribution in [1.29, 1.82) is 0 Å². The number of benzene rings is 2. The number of rotatable bonds is 9. The van der Waals surface area contributed by atoms with Crippen LogP contribution in [0.5, 0.6) is 5.75 Å². The van der Waals surface area contributed by atoms with Crippen molar-refractivity contribution in [3.63, 3.8) is 0 Å². The molecule has 0 spiro atoms. The summed E-state index contributed by atoms with van der Waals surface area (Å²) < 4.78 is 39.0. The Labute approximate surface area is 192 Å². The van der Waals surface area contributed by atoms with Crippen molar-refractivity contribution in [3.8, 4) is 5.75 Å². The third-order valence-electron chi connectivity index (χ3n) is 5.38. The zero-order chi connectivity index (χ0) is 23.6. The largest absolute Gasteiger partial charge is 0.495 e. The minimum Gasteiger partial charge on any atom is -0.495 e. The van der Waals surface area contributed by atoms with E-state index in [0.717, 1.165) is 12.8 Å². The molecule has 1 unspecified atom stereocenters. The lowest BCUT2D eigenvalue weighted by Crippen LogP contribution is -2.32. The van der Waals surface area contributed by atoms with Gasteiger partial charge < -0.3 is 14.6 Å². The van der Waals surface area contributed by atoms with Gasteiger partial charge in [0, 0.05) is 11.5 Å². The van der Waals surface area contributed by atoms with Gasteiger partial charge in [0.15, 0.2) is 5.82 Å². The summed E-state index contributed by atoms with van der Waals surface area (Å²) in [5.74, 6) is 1.29. The van der Waals surface area contributed by atoms with E-state index in [0.29, 0.717) is 29.1 Å². The van der Waals surface area contributed by atoms with Gasteiger partial charge in [-0.2, -0.15) is 4.98 Å². The molecule has 1 saturated carbocycles. The number of carbonyl (C=O) groups is 1. The molecule has 3 aromatic rings. The molecule has 1 aliphatic carbocycles. The van der Waals surface area contributed by atoms with E-state index in [-0.39, 0.29) is 16.4 Å². The molecule has 9 nitrogen and oxygen atoms in total. The SMILES string of the molecule is COc1ccccc1NS(=O)(=O)c1cccc(C(=O)NC(c2nc(C3CC3)no2)C(C)C)c1. The van der Waals surface area contributed by atoms with Crippen LogP contribution in [0.2, 0.25) is 0 Å². The highest BCUT2D eigenvalue weighted by atomic mass is 32.2. The van der Waals surface area contributed by atoms with Crippen LogP contribution >= 0.6 is 0 Å². The topological polar surface area (TPSA) is 123 Å². The third-order valence-corrected chi connectivity index (χ3v) is 6.74. The average molecular weight is 471 g/mol. The Morgan fingerprint density at radius 3 is 2.61 bits per heavy atom. The van der Waals surface area contributed by atoms with Gasteiger partial charge >= 0.3 is 0 Å². The van der Waals surface area contributed by atoms with E-state index in [4.69, 9.17) is 9.26 Å². The lowest BCUT2D eigenvalue weighted by Gasteiger charge is -2.19. The molecule has 4 rings (SSSR count). The molecule has 1 atom stereocenters. The summed E-state index contributed by atoms with van der Waals surface area (Å²) in [7, 11) is -2.49. The molecular weight excluding hydrogens is 444 g/mol. The van der Waals surface area contributed by atoms with Gasteiger partial charge in [-0.05, 0) is 49.1 Å². The number of methoxy groups -OCH3 is 1. The number of para-hydroxylation sites is 2. The van der Waals surface area contributed by atoms with Crippen LogP contribution in [0, 0.1) is 5.92 Å². The maximum absolute atomic E-state index is 13.0. The van der Waals surface area contributed by atoms with E-state index in [2.05, 4.69) is 20.2 Å². The first kappa shape index (κ1) is 22.8. The second-order valence-electron chi connectivity index (χ2n) is 8.29. The number of hydrogen-bond acceptors (Lipinski definition) is 7. The number of anilines is 1. The van der Waals surface area contributed by atoms with Crippen LogP contribution in [0.4, 0.5) is 5.69 Å². The van der Waals surface area contributed by atoms with Gasteiger partial charge in [-0.15, -0.1) is 0 Å². The maximum Gasteiger partial charge on any atom is 0.262 e. The number of hydrogen-bond donors (Lipinski definition) is 2. The summed E-state index contributed by atoms with van der Waals surface area (Å²) in [4.78, 5) is 17.4. The number of aromatic nitrogens is 2. The maximum atomic E-state index is 13.0. The molecule has 1 aromatic heterocycles. The van der Waals surface area contributed by atoms with E-state index in [1.54, 1.807) is 30.3 Å². The molecule has 10 heteroatoms. The summed E-state index contributed by atoms with van der Waals surface area (Å²) in [5.41, 5.74) is 0.503. The first-order chi connectivity index (χ1) is 15.8. The molecule has 0 radical (unpaired) electrons. The van der Waals surface area contributed by atoms with E-state index in [9.17, 15) is 13.2 Å². The van der Waals surface area contributed by atoms with Crippen LogP contribution in [0.3, 0.4) is 0 Å². The summed E-state index contributed by atoms with van der Waals surface area (Å²) >= 11 is 0. The minimum atomic E-state index is -3.95. The normalized spacial score (nSPS) is 14.7. The fourth-order valence-corrected chi connectivity index (χ4v) is 4.47. The van der Waals surface area contributed by atoms with Crippen LogP contribution in [0.1, 0.15) is 60.7 Å². The number of nitrogens with one attached hydrogen (secondary N) is 2. The van der Waals surface area contributed by atoms with Gasteiger partial charge in [-0.3, -0.25) is 9.52 Å². The molecule has 1 aliphatic rings. The van der Waals surface area contributed by atoms with Crippen molar-refractivity contribution in [2.45, 2.75) is 43.5 Å². The Bertz CT molecular complexity index is 1250. The number of sulfonamides is 1. The molecular formula is C23H26N4O5S. The van der Waals surface area contributed by atoms with Crippen molar-refractivity contribution in [1.82, 2.24) is 15.5 Å².